The molecule has 0 unspecified atom stereocenters. The van der Waals surface area contributed by atoms with Crippen molar-refractivity contribution in [2.75, 3.05) is 26.2 Å². The van der Waals surface area contributed by atoms with Crippen LogP contribution in [0.1, 0.15) is 48.3 Å². The van der Waals surface area contributed by atoms with Gasteiger partial charge in [-0.15, -0.1) is 0 Å². The topological polar surface area (TPSA) is 71.9 Å². The van der Waals surface area contributed by atoms with E-state index in [9.17, 15) is 10.1 Å². The molecule has 0 radical (unpaired) electrons. The quantitative estimate of drug-likeness (QED) is 0.805. The fourth-order valence-electron chi connectivity index (χ4n) is 5.02. The molecular formula is C23H24N4O. The van der Waals surface area contributed by atoms with Crippen molar-refractivity contribution in [1.29, 1.82) is 5.26 Å². The second kappa shape index (κ2) is 6.08. The number of nitrogens with zero attached hydrogens (tertiary/aromatic N) is 2. The molecule has 0 saturated carbocycles. The van der Waals surface area contributed by atoms with E-state index in [1.807, 2.05) is 12.1 Å². The van der Waals surface area contributed by atoms with Crippen molar-refractivity contribution in [2.45, 2.75) is 32.1 Å². The molecule has 2 heterocycles. The zero-order valence-electron chi connectivity index (χ0n) is 16.4. The van der Waals surface area contributed by atoms with Gasteiger partial charge in [0.25, 0.3) is 0 Å². The normalized spacial score (nSPS) is 21.2. The third-order valence-corrected chi connectivity index (χ3v) is 6.57. The number of carbonyl (C=O) groups excluding carboxylic acids is 1. The molecular weight excluding hydrogens is 348 g/mol. The third kappa shape index (κ3) is 2.38. The summed E-state index contributed by atoms with van der Waals surface area (Å²) in [4.78, 5) is 19.5. The monoisotopic (exact) mass is 372 g/mol. The van der Waals surface area contributed by atoms with Crippen molar-refractivity contribution in [2.24, 2.45) is 0 Å². The van der Waals surface area contributed by atoms with Gasteiger partial charge in [-0.3, -0.25) is 4.79 Å². The summed E-state index contributed by atoms with van der Waals surface area (Å²) in [6.45, 7) is 8.41. The molecule has 1 aromatic heterocycles. The van der Waals surface area contributed by atoms with Gasteiger partial charge in [0.2, 0.25) is 0 Å². The minimum atomic E-state index is -0.226. The predicted molar refractivity (Wildman–Crippen MR) is 109 cm³/mol. The van der Waals surface area contributed by atoms with Crippen molar-refractivity contribution >= 4 is 16.7 Å². The zero-order valence-corrected chi connectivity index (χ0v) is 16.4. The van der Waals surface area contributed by atoms with Crippen molar-refractivity contribution in [3.63, 3.8) is 0 Å². The van der Waals surface area contributed by atoms with Crippen LogP contribution in [0.2, 0.25) is 0 Å². The highest BCUT2D eigenvalue weighted by Crippen LogP contribution is 2.47. The van der Waals surface area contributed by atoms with Gasteiger partial charge in [-0.1, -0.05) is 19.9 Å². The average Bonchev–Trinajstić information content (AvgIpc) is 3.12. The summed E-state index contributed by atoms with van der Waals surface area (Å²) >= 11 is 0. The van der Waals surface area contributed by atoms with Crippen molar-refractivity contribution in [1.82, 2.24) is 15.2 Å². The zero-order chi connectivity index (χ0) is 19.5. The number of H-pyrrole nitrogens is 1. The molecule has 2 N–H and O–H groups in total. The van der Waals surface area contributed by atoms with Gasteiger partial charge < -0.3 is 15.2 Å². The molecule has 3 aliphatic rings. The van der Waals surface area contributed by atoms with E-state index in [1.165, 1.54) is 11.3 Å². The van der Waals surface area contributed by atoms with Crippen LogP contribution in [0.15, 0.2) is 41.1 Å². The predicted octanol–water partition coefficient (Wildman–Crippen LogP) is 3.39. The maximum atomic E-state index is 13.6. The van der Waals surface area contributed by atoms with Gasteiger partial charge in [0, 0.05) is 59.5 Å². The van der Waals surface area contributed by atoms with Crippen molar-refractivity contribution in [3.05, 3.63) is 57.9 Å². The molecule has 0 bridgehead atoms. The first-order valence-electron chi connectivity index (χ1n) is 10.0. The number of aromatic amines is 1. The first-order valence-corrected chi connectivity index (χ1v) is 10.0. The van der Waals surface area contributed by atoms with Gasteiger partial charge >= 0.3 is 0 Å². The molecule has 0 amide bonds. The summed E-state index contributed by atoms with van der Waals surface area (Å²) in [6.07, 6.45) is 4.06. The van der Waals surface area contributed by atoms with E-state index in [-0.39, 0.29) is 11.2 Å². The van der Waals surface area contributed by atoms with Crippen LogP contribution in [0.4, 0.5) is 0 Å². The van der Waals surface area contributed by atoms with Gasteiger partial charge in [-0.05, 0) is 36.6 Å². The average molecular weight is 372 g/mol. The summed E-state index contributed by atoms with van der Waals surface area (Å²) < 4.78 is 0. The Morgan fingerprint density at radius 1 is 1.18 bits per heavy atom. The fraction of sp³-hybridized carbons (Fsp3) is 0.391. The van der Waals surface area contributed by atoms with Gasteiger partial charge in [0.05, 0.1) is 17.2 Å². The number of carbonyl (C=O) groups is 1. The number of allylic oxidation sites excluding steroid dienone is 4. The molecule has 2 aliphatic carbocycles. The third-order valence-electron chi connectivity index (χ3n) is 6.57. The first kappa shape index (κ1) is 17.3. The van der Waals surface area contributed by atoms with Gasteiger partial charge in [0.1, 0.15) is 0 Å². The van der Waals surface area contributed by atoms with Crippen LogP contribution >= 0.6 is 0 Å². The van der Waals surface area contributed by atoms with Crippen LogP contribution < -0.4 is 5.32 Å². The summed E-state index contributed by atoms with van der Waals surface area (Å²) in [5.41, 5.74) is 6.42. The number of Topliss-reactive ketones (excluding diaryl/α,β-unsaturated/α-hetero) is 1. The number of hydrogen-bond donors (Lipinski definition) is 2. The molecule has 1 aromatic carbocycles. The standard InChI is InChI=1S/C23H24N4O/c1-23(2)18-6-4-15(27-9-7-25-8-10-27)12-17(18)21(28)20-16-5-3-14(13-24)11-19(16)26-22(20)23/h3,5,11-12,25-26H,4,6-10H2,1-2H3. The Hall–Kier alpha value is -2.84. The number of ketones is 1. The molecule has 1 fully saturated rings. The second-order valence-corrected chi connectivity index (χ2v) is 8.47. The number of nitrogens with one attached hydrogen (secondary N) is 2. The fourth-order valence-corrected chi connectivity index (χ4v) is 5.02. The molecule has 0 spiro atoms. The Balaban J connectivity index is 1.65. The minimum Gasteiger partial charge on any atom is -0.372 e. The highest BCUT2D eigenvalue weighted by atomic mass is 16.1. The van der Waals surface area contributed by atoms with Crippen molar-refractivity contribution in [3.8, 4) is 6.07 Å². The number of hydrogen-bond acceptors (Lipinski definition) is 4. The van der Waals surface area contributed by atoms with Gasteiger partial charge in [0.15, 0.2) is 5.78 Å². The number of benzene rings is 1. The number of fused-ring (bicyclic) bond motifs is 3. The van der Waals surface area contributed by atoms with E-state index in [0.717, 1.165) is 66.8 Å². The molecule has 28 heavy (non-hydrogen) atoms. The minimum absolute atomic E-state index is 0.118. The summed E-state index contributed by atoms with van der Waals surface area (Å²) in [5, 5.41) is 13.5. The number of aromatic nitrogens is 1. The molecule has 2 aromatic rings. The first-order chi connectivity index (χ1) is 13.5. The molecule has 1 aliphatic heterocycles. The van der Waals surface area contributed by atoms with E-state index in [2.05, 4.69) is 41.2 Å². The number of rotatable bonds is 1. The highest BCUT2D eigenvalue weighted by Gasteiger charge is 2.42. The van der Waals surface area contributed by atoms with Crippen molar-refractivity contribution < 1.29 is 4.79 Å². The lowest BCUT2D eigenvalue weighted by Gasteiger charge is -2.39. The molecule has 142 valence electrons. The van der Waals surface area contributed by atoms with E-state index < -0.39 is 0 Å². The SMILES string of the molecule is CC1(C)C2=C(C=C(N3CCNCC3)CC2)C(=O)c2c1[nH]c1cc(C#N)ccc21. The number of nitriles is 1. The van der Waals surface area contributed by atoms with Crippen LogP contribution in [-0.2, 0) is 5.41 Å². The molecule has 5 nitrogen and oxygen atoms in total. The molecule has 0 atom stereocenters. The molecule has 1 saturated heterocycles. The largest absolute Gasteiger partial charge is 0.372 e. The van der Waals surface area contributed by atoms with Crippen LogP contribution in [-0.4, -0.2) is 41.8 Å². The summed E-state index contributed by atoms with van der Waals surface area (Å²) in [7, 11) is 0. The lowest BCUT2D eigenvalue weighted by molar-refractivity contribution is 0.102. The van der Waals surface area contributed by atoms with Crippen LogP contribution in [0, 0.1) is 11.3 Å². The summed E-state index contributed by atoms with van der Waals surface area (Å²) in [5.74, 6) is 0.118. The number of piperazine rings is 1. The van der Waals surface area contributed by atoms with Crippen LogP contribution in [0.25, 0.3) is 10.9 Å². The Morgan fingerprint density at radius 3 is 2.71 bits per heavy atom. The van der Waals surface area contributed by atoms with Crippen LogP contribution in [0.5, 0.6) is 0 Å². The molecule has 5 rings (SSSR count). The van der Waals surface area contributed by atoms with Crippen LogP contribution in [0.3, 0.4) is 0 Å². The summed E-state index contributed by atoms with van der Waals surface area (Å²) in [6, 6.07) is 7.74. The maximum Gasteiger partial charge on any atom is 0.195 e. The van der Waals surface area contributed by atoms with Gasteiger partial charge in [-0.2, -0.15) is 5.26 Å². The lowest BCUT2D eigenvalue weighted by atomic mass is 9.68. The Labute approximate surface area is 164 Å². The van der Waals surface area contributed by atoms with E-state index in [0.29, 0.717) is 5.56 Å². The van der Waals surface area contributed by atoms with Gasteiger partial charge in [-0.25, -0.2) is 0 Å². The second-order valence-electron chi connectivity index (χ2n) is 8.47. The Bertz CT molecular complexity index is 1100. The smallest absolute Gasteiger partial charge is 0.195 e. The Kier molecular flexibility index (Phi) is 3.75. The Morgan fingerprint density at radius 2 is 1.96 bits per heavy atom. The molecule has 5 heteroatoms. The lowest BCUT2D eigenvalue weighted by Crippen LogP contribution is -2.43. The van der Waals surface area contributed by atoms with E-state index in [1.54, 1.807) is 6.07 Å². The maximum absolute atomic E-state index is 13.6. The van der Waals surface area contributed by atoms with E-state index >= 15 is 0 Å². The highest BCUT2D eigenvalue weighted by molar-refractivity contribution is 6.20. The van der Waals surface area contributed by atoms with E-state index in [4.69, 9.17) is 0 Å².